The lowest BCUT2D eigenvalue weighted by molar-refractivity contribution is -0.498. The second kappa shape index (κ2) is 6.44. The van der Waals surface area contributed by atoms with Gasteiger partial charge in [0.05, 0.1) is 0 Å². The van der Waals surface area contributed by atoms with Gasteiger partial charge in [-0.1, -0.05) is 43.7 Å². The van der Waals surface area contributed by atoms with Gasteiger partial charge in [0.1, 0.15) is 0 Å². The molecule has 1 atom stereocenters. The van der Waals surface area contributed by atoms with Crippen molar-refractivity contribution in [2.45, 2.75) is 31.4 Å². The Hall–Kier alpha value is -2.31. The van der Waals surface area contributed by atoms with Crippen LogP contribution in [-0.4, -0.2) is 22.6 Å². The molecule has 0 aliphatic rings. The molecule has 1 heterocycles. The van der Waals surface area contributed by atoms with E-state index in [9.17, 15) is 23.3 Å². The lowest BCUT2D eigenvalue weighted by Crippen LogP contribution is -2.49. The van der Waals surface area contributed by atoms with Crippen LogP contribution < -0.4 is 0 Å². The summed E-state index contributed by atoms with van der Waals surface area (Å²) in [6.07, 6.45) is -3.46. The van der Waals surface area contributed by atoms with E-state index in [1.165, 1.54) is 30.3 Å². The first-order valence-electron chi connectivity index (χ1n) is 7.23. The van der Waals surface area contributed by atoms with Gasteiger partial charge in [-0.3, -0.25) is 10.1 Å². The highest BCUT2D eigenvalue weighted by Crippen LogP contribution is 2.46. The van der Waals surface area contributed by atoms with Gasteiger partial charge in [-0.05, 0) is 24.1 Å². The van der Waals surface area contributed by atoms with Crippen LogP contribution in [0.3, 0.4) is 0 Å². The zero-order valence-corrected chi connectivity index (χ0v) is 12.6. The number of aromatic nitrogens is 1. The Kier molecular flexibility index (Phi) is 4.77. The Balaban J connectivity index is 2.67. The first kappa shape index (κ1) is 17.1. The molecule has 0 fully saturated rings. The van der Waals surface area contributed by atoms with Crippen molar-refractivity contribution in [1.82, 2.24) is 4.98 Å². The summed E-state index contributed by atoms with van der Waals surface area (Å²) in [7, 11) is 0. The van der Waals surface area contributed by atoms with Crippen molar-refractivity contribution in [2.75, 3.05) is 6.54 Å². The fourth-order valence-corrected chi connectivity index (χ4v) is 2.76. The van der Waals surface area contributed by atoms with Crippen molar-refractivity contribution < 1.29 is 18.1 Å². The molecule has 7 heteroatoms. The standard InChI is InChI=1S/C16H17F3N2O2/c1-2-6-13-9-10-14(20-13)15(11-21(22)23,16(17,18)19)12-7-4-3-5-8-12/h3-5,7-10,20H,2,6,11H2,1H3/t15-/m0/s1. The van der Waals surface area contributed by atoms with Crippen molar-refractivity contribution in [2.24, 2.45) is 0 Å². The van der Waals surface area contributed by atoms with Crippen LogP contribution >= 0.6 is 0 Å². The number of halogens is 3. The Labute approximate surface area is 131 Å². The lowest BCUT2D eigenvalue weighted by Gasteiger charge is -2.32. The monoisotopic (exact) mass is 326 g/mol. The van der Waals surface area contributed by atoms with Crippen LogP contribution in [0.2, 0.25) is 0 Å². The van der Waals surface area contributed by atoms with Crippen LogP contribution in [0.4, 0.5) is 13.2 Å². The lowest BCUT2D eigenvalue weighted by atomic mass is 9.76. The number of H-pyrrole nitrogens is 1. The Morgan fingerprint density at radius 3 is 2.30 bits per heavy atom. The van der Waals surface area contributed by atoms with Crippen molar-refractivity contribution >= 4 is 0 Å². The molecule has 1 aromatic heterocycles. The number of aromatic amines is 1. The summed E-state index contributed by atoms with van der Waals surface area (Å²) in [4.78, 5) is 12.9. The van der Waals surface area contributed by atoms with Crippen molar-refractivity contribution in [1.29, 1.82) is 0 Å². The number of aryl methyl sites for hydroxylation is 1. The predicted octanol–water partition coefficient (Wildman–Crippen LogP) is 4.09. The molecule has 0 saturated carbocycles. The molecular formula is C16H17F3N2O2. The Morgan fingerprint density at radius 2 is 1.78 bits per heavy atom. The zero-order valence-electron chi connectivity index (χ0n) is 12.6. The van der Waals surface area contributed by atoms with Crippen molar-refractivity contribution in [3.8, 4) is 0 Å². The first-order chi connectivity index (χ1) is 10.8. The van der Waals surface area contributed by atoms with E-state index in [0.29, 0.717) is 12.1 Å². The first-order valence-corrected chi connectivity index (χ1v) is 7.23. The van der Waals surface area contributed by atoms with E-state index in [1.807, 2.05) is 6.92 Å². The highest BCUT2D eigenvalue weighted by atomic mass is 19.4. The molecule has 1 aromatic carbocycles. The summed E-state index contributed by atoms with van der Waals surface area (Å²) in [5.74, 6) is 0. The molecular weight excluding hydrogens is 309 g/mol. The smallest absolute Gasteiger partial charge is 0.361 e. The quantitative estimate of drug-likeness (QED) is 0.642. The maximum atomic E-state index is 14.0. The summed E-state index contributed by atoms with van der Waals surface area (Å²) >= 11 is 0. The summed E-state index contributed by atoms with van der Waals surface area (Å²) in [6.45, 7) is 0.651. The molecule has 0 bridgehead atoms. The number of nitrogens with zero attached hydrogens (tertiary/aromatic N) is 1. The molecule has 124 valence electrons. The van der Waals surface area contributed by atoms with Crippen molar-refractivity contribution in [3.63, 3.8) is 0 Å². The molecule has 0 spiro atoms. The molecule has 0 radical (unpaired) electrons. The number of benzene rings is 1. The molecule has 0 aliphatic carbocycles. The molecule has 4 nitrogen and oxygen atoms in total. The van der Waals surface area contributed by atoms with Gasteiger partial charge in [0.2, 0.25) is 6.54 Å². The largest absolute Gasteiger partial charge is 0.410 e. The molecule has 0 aliphatic heterocycles. The highest BCUT2D eigenvalue weighted by Gasteiger charge is 2.61. The molecule has 0 unspecified atom stereocenters. The number of nitro groups is 1. The second-order valence-corrected chi connectivity index (χ2v) is 5.41. The van der Waals surface area contributed by atoms with E-state index < -0.39 is 23.1 Å². The average Bonchev–Trinajstić information content (AvgIpc) is 2.93. The highest BCUT2D eigenvalue weighted by molar-refractivity contribution is 5.39. The minimum absolute atomic E-state index is 0.144. The van der Waals surface area contributed by atoms with Gasteiger partial charge >= 0.3 is 6.18 Å². The number of nitrogens with one attached hydrogen (secondary N) is 1. The fraction of sp³-hybridized carbons (Fsp3) is 0.375. The van der Waals surface area contributed by atoms with Gasteiger partial charge in [0.25, 0.3) is 0 Å². The van der Waals surface area contributed by atoms with E-state index >= 15 is 0 Å². The van der Waals surface area contributed by atoms with Crippen LogP contribution in [0, 0.1) is 10.1 Å². The number of alkyl halides is 3. The minimum atomic E-state index is -4.81. The molecule has 1 N–H and O–H groups in total. The maximum Gasteiger partial charge on any atom is 0.410 e. The average molecular weight is 326 g/mol. The third kappa shape index (κ3) is 3.23. The van der Waals surface area contributed by atoms with Crippen LogP contribution in [0.1, 0.15) is 30.3 Å². The Bertz CT molecular complexity index is 667. The normalized spacial score (nSPS) is 14.4. The summed E-state index contributed by atoms with van der Waals surface area (Å²) in [5, 5.41) is 11.0. The third-order valence-corrected chi connectivity index (χ3v) is 3.84. The molecule has 0 saturated heterocycles. The fourth-order valence-electron chi connectivity index (χ4n) is 2.76. The van der Waals surface area contributed by atoms with Crippen molar-refractivity contribution in [3.05, 3.63) is 69.5 Å². The Morgan fingerprint density at radius 1 is 1.13 bits per heavy atom. The molecule has 2 aromatic rings. The summed E-state index contributed by atoms with van der Waals surface area (Å²) in [5.41, 5.74) is -2.40. The molecule has 0 amide bonds. The van der Waals surface area contributed by atoms with Gasteiger partial charge in [0.15, 0.2) is 5.41 Å². The van der Waals surface area contributed by atoms with E-state index in [1.54, 1.807) is 12.1 Å². The van der Waals surface area contributed by atoms with E-state index in [2.05, 4.69) is 4.98 Å². The molecule has 2 rings (SSSR count). The van der Waals surface area contributed by atoms with Gasteiger partial charge in [0, 0.05) is 16.3 Å². The summed E-state index contributed by atoms with van der Waals surface area (Å²) < 4.78 is 41.9. The van der Waals surface area contributed by atoms with Crippen LogP contribution in [-0.2, 0) is 11.8 Å². The van der Waals surface area contributed by atoms with Gasteiger partial charge in [-0.15, -0.1) is 0 Å². The third-order valence-electron chi connectivity index (χ3n) is 3.84. The van der Waals surface area contributed by atoms with E-state index in [4.69, 9.17) is 0 Å². The number of rotatable bonds is 6. The predicted molar refractivity (Wildman–Crippen MR) is 79.9 cm³/mol. The zero-order chi connectivity index (χ0) is 17.1. The maximum absolute atomic E-state index is 14.0. The SMILES string of the molecule is CCCc1ccc([C@](C[N+](=O)[O-])(c2ccccc2)C(F)(F)F)[nH]1. The summed E-state index contributed by atoms with van der Waals surface area (Å²) in [6, 6.07) is 9.89. The van der Waals surface area contributed by atoms with Gasteiger partial charge < -0.3 is 4.98 Å². The van der Waals surface area contributed by atoms with Crippen LogP contribution in [0.15, 0.2) is 42.5 Å². The number of hydrogen-bond donors (Lipinski definition) is 1. The van der Waals surface area contributed by atoms with E-state index in [0.717, 1.165) is 6.42 Å². The minimum Gasteiger partial charge on any atom is -0.361 e. The van der Waals surface area contributed by atoms with Crippen LogP contribution in [0.25, 0.3) is 0 Å². The van der Waals surface area contributed by atoms with Gasteiger partial charge in [-0.25, -0.2) is 0 Å². The molecule has 23 heavy (non-hydrogen) atoms. The van der Waals surface area contributed by atoms with Crippen LogP contribution in [0.5, 0.6) is 0 Å². The van der Waals surface area contributed by atoms with E-state index in [-0.39, 0.29) is 11.3 Å². The van der Waals surface area contributed by atoms with Gasteiger partial charge in [-0.2, -0.15) is 13.2 Å². The number of hydrogen-bond acceptors (Lipinski definition) is 2. The topological polar surface area (TPSA) is 58.9 Å². The second-order valence-electron chi connectivity index (χ2n) is 5.41.